The number of aromatic nitrogens is 1. The first-order valence-electron chi connectivity index (χ1n) is 9.37. The second-order valence-corrected chi connectivity index (χ2v) is 7.08. The van der Waals surface area contributed by atoms with Crippen molar-refractivity contribution in [3.63, 3.8) is 0 Å². The van der Waals surface area contributed by atoms with Crippen molar-refractivity contribution in [2.24, 2.45) is 0 Å². The highest BCUT2D eigenvalue weighted by atomic mass is 19.1. The minimum Gasteiger partial charge on any atom is -0.493 e. The highest BCUT2D eigenvalue weighted by Gasteiger charge is 2.42. The van der Waals surface area contributed by atoms with Crippen LogP contribution < -0.4 is 9.47 Å². The van der Waals surface area contributed by atoms with Gasteiger partial charge in [0, 0.05) is 19.3 Å². The molecule has 2 aliphatic heterocycles. The van der Waals surface area contributed by atoms with Crippen molar-refractivity contribution in [3.05, 3.63) is 53.1 Å². The zero-order valence-electron chi connectivity index (χ0n) is 16.0. The molecule has 1 aromatic heterocycles. The van der Waals surface area contributed by atoms with Gasteiger partial charge in [0.15, 0.2) is 23.0 Å². The number of likely N-dealkylation sites (tertiary alicyclic amines) is 1. The quantitative estimate of drug-likeness (QED) is 0.812. The van der Waals surface area contributed by atoms with E-state index in [1.54, 1.807) is 19.1 Å². The number of hydrogen-bond acceptors (Lipinski definition) is 5. The zero-order valence-corrected chi connectivity index (χ0v) is 16.0. The largest absolute Gasteiger partial charge is 0.493 e. The number of piperidine rings is 1. The Kier molecular flexibility index (Phi) is 4.93. The molecule has 1 fully saturated rings. The van der Waals surface area contributed by atoms with E-state index in [1.807, 2.05) is 12.1 Å². The number of amides is 1. The molecule has 0 saturated carbocycles. The number of methoxy groups -OCH3 is 2. The van der Waals surface area contributed by atoms with Gasteiger partial charge in [-0.15, -0.1) is 0 Å². The van der Waals surface area contributed by atoms with Crippen LogP contribution in [0.3, 0.4) is 0 Å². The lowest BCUT2D eigenvalue weighted by Gasteiger charge is -2.45. The molecular weight excluding hydrogens is 363 g/mol. The number of benzene rings is 1. The third kappa shape index (κ3) is 3.09. The van der Waals surface area contributed by atoms with Crippen molar-refractivity contribution in [1.82, 2.24) is 9.88 Å². The Hall–Kier alpha value is -2.67. The van der Waals surface area contributed by atoms with E-state index in [4.69, 9.17) is 14.2 Å². The minimum atomic E-state index is -0.594. The van der Waals surface area contributed by atoms with E-state index in [2.05, 4.69) is 4.98 Å². The summed E-state index contributed by atoms with van der Waals surface area (Å²) in [7, 11) is 3.24. The van der Waals surface area contributed by atoms with Gasteiger partial charge >= 0.3 is 0 Å². The summed E-state index contributed by atoms with van der Waals surface area (Å²) < 4.78 is 31.1. The number of halogens is 1. The molecule has 1 spiro atoms. The van der Waals surface area contributed by atoms with Crippen molar-refractivity contribution < 1.29 is 23.4 Å². The summed E-state index contributed by atoms with van der Waals surface area (Å²) in [6.45, 7) is 1.57. The van der Waals surface area contributed by atoms with Crippen LogP contribution in [0.2, 0.25) is 0 Å². The number of fused-ring (bicyclic) bond motifs is 2. The van der Waals surface area contributed by atoms with Gasteiger partial charge in [0.25, 0.3) is 5.91 Å². The maximum atomic E-state index is 13.9. The molecule has 0 bridgehead atoms. The molecule has 1 amide bonds. The molecule has 0 aliphatic carbocycles. The molecule has 148 valence electrons. The van der Waals surface area contributed by atoms with Gasteiger partial charge < -0.3 is 19.1 Å². The average Bonchev–Trinajstić information content (AvgIpc) is 2.73. The van der Waals surface area contributed by atoms with Crippen LogP contribution in [-0.4, -0.2) is 49.7 Å². The van der Waals surface area contributed by atoms with Crippen molar-refractivity contribution in [2.75, 3.05) is 33.9 Å². The van der Waals surface area contributed by atoms with Gasteiger partial charge in [-0.25, -0.2) is 9.37 Å². The Labute approximate surface area is 163 Å². The van der Waals surface area contributed by atoms with Crippen molar-refractivity contribution in [1.29, 1.82) is 0 Å². The van der Waals surface area contributed by atoms with Crippen molar-refractivity contribution >= 4 is 5.91 Å². The normalized spacial score (nSPS) is 17.9. The van der Waals surface area contributed by atoms with Crippen LogP contribution in [-0.2, 0) is 16.8 Å². The van der Waals surface area contributed by atoms with E-state index in [0.717, 1.165) is 12.0 Å². The van der Waals surface area contributed by atoms with Gasteiger partial charge in [0.05, 0.1) is 26.4 Å². The second kappa shape index (κ2) is 7.39. The predicted molar refractivity (Wildman–Crippen MR) is 100 cm³/mol. The van der Waals surface area contributed by atoms with Crippen LogP contribution >= 0.6 is 0 Å². The van der Waals surface area contributed by atoms with E-state index in [-0.39, 0.29) is 11.6 Å². The molecule has 6 nitrogen and oxygen atoms in total. The van der Waals surface area contributed by atoms with E-state index in [1.165, 1.54) is 23.9 Å². The molecule has 0 atom stereocenters. The minimum absolute atomic E-state index is 0.130. The Morgan fingerprint density at radius 3 is 2.61 bits per heavy atom. The number of carbonyl (C=O) groups is 1. The van der Waals surface area contributed by atoms with Gasteiger partial charge in [0.1, 0.15) is 0 Å². The first kappa shape index (κ1) is 18.7. The van der Waals surface area contributed by atoms with E-state index in [0.29, 0.717) is 44.0 Å². The number of hydrogen-bond donors (Lipinski definition) is 0. The molecule has 1 aromatic carbocycles. The number of carbonyl (C=O) groups excluding carboxylic acids is 1. The summed E-state index contributed by atoms with van der Waals surface area (Å²) in [6.07, 6.45) is 3.51. The summed E-state index contributed by atoms with van der Waals surface area (Å²) in [5, 5.41) is 0. The Morgan fingerprint density at radius 1 is 1.21 bits per heavy atom. The lowest BCUT2D eigenvalue weighted by atomic mass is 9.79. The molecular formula is C21H23FN2O4. The van der Waals surface area contributed by atoms with Crippen LogP contribution in [0.25, 0.3) is 0 Å². The molecule has 0 unspecified atom stereocenters. The monoisotopic (exact) mass is 386 g/mol. The van der Waals surface area contributed by atoms with Gasteiger partial charge in [-0.3, -0.25) is 4.79 Å². The third-order valence-corrected chi connectivity index (χ3v) is 5.67. The highest BCUT2D eigenvalue weighted by Crippen LogP contribution is 2.45. The fourth-order valence-corrected chi connectivity index (χ4v) is 4.16. The number of pyridine rings is 1. The summed E-state index contributed by atoms with van der Waals surface area (Å²) in [5.41, 5.74) is 1.67. The summed E-state index contributed by atoms with van der Waals surface area (Å²) in [4.78, 5) is 18.2. The van der Waals surface area contributed by atoms with Crippen molar-refractivity contribution in [3.8, 4) is 11.5 Å². The standard InChI is InChI=1S/C21H23FN2O4/c1-26-17-12-14-5-11-28-21(15(14)13-18(17)27-2)6-9-24(10-7-21)20(25)19-16(22)4-3-8-23-19/h3-4,8,12-13H,5-7,9-11H2,1-2H3. The highest BCUT2D eigenvalue weighted by molar-refractivity contribution is 5.92. The first-order valence-corrected chi connectivity index (χ1v) is 9.37. The van der Waals surface area contributed by atoms with Crippen LogP contribution in [0.1, 0.15) is 34.5 Å². The number of ether oxygens (including phenoxy) is 3. The van der Waals surface area contributed by atoms with Gasteiger partial charge in [-0.05, 0) is 54.7 Å². The van der Waals surface area contributed by atoms with Crippen LogP contribution in [0.5, 0.6) is 11.5 Å². The number of nitrogens with zero attached hydrogens (tertiary/aromatic N) is 2. The van der Waals surface area contributed by atoms with Crippen LogP contribution in [0.15, 0.2) is 30.5 Å². The molecule has 7 heteroatoms. The SMILES string of the molecule is COc1cc2c(cc1OC)C1(CCN(C(=O)c3ncccc3F)CC1)OCC2. The molecule has 28 heavy (non-hydrogen) atoms. The second-order valence-electron chi connectivity index (χ2n) is 7.08. The third-order valence-electron chi connectivity index (χ3n) is 5.67. The summed E-state index contributed by atoms with van der Waals surface area (Å²) in [5.74, 6) is 0.400. The molecule has 3 heterocycles. The smallest absolute Gasteiger partial charge is 0.275 e. The predicted octanol–water partition coefficient (Wildman–Crippen LogP) is 2.94. The lowest BCUT2D eigenvalue weighted by molar-refractivity contribution is -0.0937. The van der Waals surface area contributed by atoms with Gasteiger partial charge in [-0.1, -0.05) is 0 Å². The van der Waals surface area contributed by atoms with Gasteiger partial charge in [-0.2, -0.15) is 0 Å². The molecule has 2 aliphatic rings. The van der Waals surface area contributed by atoms with E-state index < -0.39 is 11.4 Å². The summed E-state index contributed by atoms with van der Waals surface area (Å²) in [6, 6.07) is 6.74. The Balaban J connectivity index is 1.58. The molecule has 1 saturated heterocycles. The number of rotatable bonds is 3. The van der Waals surface area contributed by atoms with E-state index in [9.17, 15) is 9.18 Å². The average molecular weight is 386 g/mol. The van der Waals surface area contributed by atoms with Crippen molar-refractivity contribution in [2.45, 2.75) is 24.9 Å². The maximum absolute atomic E-state index is 13.9. The Morgan fingerprint density at radius 2 is 1.93 bits per heavy atom. The van der Waals surface area contributed by atoms with E-state index >= 15 is 0 Å². The molecule has 0 radical (unpaired) electrons. The van der Waals surface area contributed by atoms with Gasteiger partial charge in [0.2, 0.25) is 0 Å². The zero-order chi connectivity index (χ0) is 19.7. The molecule has 4 rings (SSSR count). The van der Waals surface area contributed by atoms with Crippen LogP contribution in [0, 0.1) is 5.82 Å². The first-order chi connectivity index (χ1) is 13.6. The molecule has 0 N–H and O–H groups in total. The van der Waals surface area contributed by atoms with Crippen LogP contribution in [0.4, 0.5) is 4.39 Å². The molecule has 2 aromatic rings. The fourth-order valence-electron chi connectivity index (χ4n) is 4.16. The fraction of sp³-hybridized carbons (Fsp3) is 0.429. The topological polar surface area (TPSA) is 60.9 Å². The Bertz CT molecular complexity index is 894. The summed E-state index contributed by atoms with van der Waals surface area (Å²) >= 11 is 0. The maximum Gasteiger partial charge on any atom is 0.275 e. The lowest BCUT2D eigenvalue weighted by Crippen LogP contribution is -2.48.